The molecule has 2 amide bonds. The molecule has 3 rings (SSSR count). The van der Waals surface area contributed by atoms with Crippen molar-refractivity contribution in [2.45, 2.75) is 51.1 Å². The number of hydrazone groups is 1. The van der Waals surface area contributed by atoms with Crippen molar-refractivity contribution in [3.63, 3.8) is 0 Å². The molecule has 9 heteroatoms. The number of aryl methyl sites for hydroxylation is 1. The zero-order chi connectivity index (χ0) is 18.7. The number of rotatable bonds is 6. The van der Waals surface area contributed by atoms with Gasteiger partial charge in [-0.3, -0.25) is 9.59 Å². The second-order valence-electron chi connectivity index (χ2n) is 6.83. The first-order chi connectivity index (χ1) is 12.3. The van der Waals surface area contributed by atoms with Crippen LogP contribution in [0.3, 0.4) is 0 Å². The van der Waals surface area contributed by atoms with Gasteiger partial charge in [0.05, 0.1) is 23.8 Å². The SMILES string of the molecule is C[C@@H](CCc1ccco1)NC(=O)C1=NN([C@@H]2CCS(=O)(=O)C2)C(=O)CC1. The lowest BCUT2D eigenvalue weighted by Gasteiger charge is -2.28. The highest BCUT2D eigenvalue weighted by atomic mass is 32.2. The maximum Gasteiger partial charge on any atom is 0.267 e. The summed E-state index contributed by atoms with van der Waals surface area (Å²) in [7, 11) is -3.13. The Morgan fingerprint density at radius 3 is 2.92 bits per heavy atom. The normalized spacial score (nSPS) is 23.6. The number of carbonyl (C=O) groups is 2. The second kappa shape index (κ2) is 7.61. The number of amides is 2. The molecular formula is C17H23N3O5S. The fourth-order valence-electron chi connectivity index (χ4n) is 3.18. The first-order valence-electron chi connectivity index (χ1n) is 8.77. The molecule has 3 heterocycles. The Labute approximate surface area is 152 Å². The molecule has 1 N–H and O–H groups in total. The van der Waals surface area contributed by atoms with Gasteiger partial charge in [0.25, 0.3) is 5.91 Å². The zero-order valence-electron chi connectivity index (χ0n) is 14.7. The molecule has 1 aromatic rings. The third-order valence-electron chi connectivity index (χ3n) is 4.66. The monoisotopic (exact) mass is 381 g/mol. The van der Waals surface area contributed by atoms with E-state index in [0.717, 1.165) is 12.2 Å². The Morgan fingerprint density at radius 1 is 1.46 bits per heavy atom. The summed E-state index contributed by atoms with van der Waals surface area (Å²) in [6.07, 6.45) is 3.85. The van der Waals surface area contributed by atoms with Crippen LogP contribution in [0.25, 0.3) is 0 Å². The quantitative estimate of drug-likeness (QED) is 0.787. The van der Waals surface area contributed by atoms with Gasteiger partial charge < -0.3 is 9.73 Å². The van der Waals surface area contributed by atoms with E-state index in [2.05, 4.69) is 10.4 Å². The Bertz CT molecular complexity index is 800. The van der Waals surface area contributed by atoms with Gasteiger partial charge in [-0.15, -0.1) is 0 Å². The zero-order valence-corrected chi connectivity index (χ0v) is 15.5. The van der Waals surface area contributed by atoms with Crippen LogP contribution in [-0.4, -0.2) is 54.5 Å². The van der Waals surface area contributed by atoms with Crippen LogP contribution in [-0.2, 0) is 25.8 Å². The summed E-state index contributed by atoms with van der Waals surface area (Å²) >= 11 is 0. The molecule has 8 nitrogen and oxygen atoms in total. The molecule has 142 valence electrons. The Hall–Kier alpha value is -2.16. The minimum Gasteiger partial charge on any atom is -0.469 e. The molecule has 0 unspecified atom stereocenters. The van der Waals surface area contributed by atoms with Crippen LogP contribution in [0.1, 0.15) is 38.4 Å². The molecule has 0 spiro atoms. The molecule has 2 aliphatic rings. The minimum atomic E-state index is -3.13. The van der Waals surface area contributed by atoms with Crippen molar-refractivity contribution in [1.82, 2.24) is 10.3 Å². The van der Waals surface area contributed by atoms with Crippen LogP contribution < -0.4 is 5.32 Å². The number of carbonyl (C=O) groups excluding carboxylic acids is 2. The van der Waals surface area contributed by atoms with Gasteiger partial charge in [-0.2, -0.15) is 5.10 Å². The molecule has 26 heavy (non-hydrogen) atoms. The van der Waals surface area contributed by atoms with Gasteiger partial charge in [0.2, 0.25) is 5.91 Å². The number of nitrogens with one attached hydrogen (secondary N) is 1. The van der Waals surface area contributed by atoms with E-state index in [1.54, 1.807) is 6.26 Å². The van der Waals surface area contributed by atoms with E-state index in [1.165, 1.54) is 5.01 Å². The number of nitrogens with zero attached hydrogens (tertiary/aromatic N) is 2. The first-order valence-corrected chi connectivity index (χ1v) is 10.6. The van der Waals surface area contributed by atoms with Crippen LogP contribution in [0.4, 0.5) is 0 Å². The van der Waals surface area contributed by atoms with E-state index < -0.39 is 15.9 Å². The molecule has 0 aromatic carbocycles. The molecule has 2 atom stereocenters. The highest BCUT2D eigenvalue weighted by molar-refractivity contribution is 7.91. The summed E-state index contributed by atoms with van der Waals surface area (Å²) in [5.74, 6) is 0.295. The van der Waals surface area contributed by atoms with Crippen molar-refractivity contribution < 1.29 is 22.4 Å². The van der Waals surface area contributed by atoms with Gasteiger partial charge in [-0.1, -0.05) is 0 Å². The number of hydrogen-bond donors (Lipinski definition) is 1. The highest BCUT2D eigenvalue weighted by Crippen LogP contribution is 2.22. The molecule has 1 fully saturated rings. The standard InChI is InChI=1S/C17H23N3O5S/c1-12(4-5-14-3-2-9-25-14)18-17(22)15-6-7-16(21)20(19-15)13-8-10-26(23,24)11-13/h2-3,9,12-13H,4-8,10-11H2,1H3,(H,18,22)/t12-,13+/m0/s1. The van der Waals surface area contributed by atoms with Crippen molar-refractivity contribution in [1.29, 1.82) is 0 Å². The molecule has 0 saturated carbocycles. The van der Waals surface area contributed by atoms with Gasteiger partial charge in [0, 0.05) is 25.3 Å². The highest BCUT2D eigenvalue weighted by Gasteiger charge is 2.37. The lowest BCUT2D eigenvalue weighted by molar-refractivity contribution is -0.133. The Morgan fingerprint density at radius 2 is 2.27 bits per heavy atom. The topological polar surface area (TPSA) is 109 Å². The maximum absolute atomic E-state index is 12.4. The van der Waals surface area contributed by atoms with E-state index in [0.29, 0.717) is 12.8 Å². The molecular weight excluding hydrogens is 358 g/mol. The third kappa shape index (κ3) is 4.51. The summed E-state index contributed by atoms with van der Waals surface area (Å²) in [4.78, 5) is 24.5. The Kier molecular flexibility index (Phi) is 5.45. The average Bonchev–Trinajstić information content (AvgIpc) is 3.22. The van der Waals surface area contributed by atoms with Gasteiger partial charge >= 0.3 is 0 Å². The summed E-state index contributed by atoms with van der Waals surface area (Å²) in [6.45, 7) is 1.90. The van der Waals surface area contributed by atoms with Gasteiger partial charge in [-0.05, 0) is 31.9 Å². The molecule has 1 aromatic heterocycles. The molecule has 0 bridgehead atoms. The minimum absolute atomic E-state index is 0.0578. The van der Waals surface area contributed by atoms with Crippen LogP contribution in [0.15, 0.2) is 27.9 Å². The molecule has 0 aliphatic carbocycles. The summed E-state index contributed by atoms with van der Waals surface area (Å²) in [5.41, 5.74) is 0.277. The van der Waals surface area contributed by atoms with E-state index in [9.17, 15) is 18.0 Å². The smallest absolute Gasteiger partial charge is 0.267 e. The van der Waals surface area contributed by atoms with Crippen LogP contribution in [0.5, 0.6) is 0 Å². The third-order valence-corrected chi connectivity index (χ3v) is 6.41. The second-order valence-corrected chi connectivity index (χ2v) is 9.06. The number of sulfone groups is 1. The average molecular weight is 381 g/mol. The van der Waals surface area contributed by atoms with E-state index >= 15 is 0 Å². The molecule has 1 saturated heterocycles. The fraction of sp³-hybridized carbons (Fsp3) is 0.588. The van der Waals surface area contributed by atoms with Crippen molar-refractivity contribution in [3.8, 4) is 0 Å². The van der Waals surface area contributed by atoms with Crippen LogP contribution >= 0.6 is 0 Å². The first kappa shape index (κ1) is 18.6. The van der Waals surface area contributed by atoms with E-state index in [4.69, 9.17) is 4.42 Å². The van der Waals surface area contributed by atoms with Gasteiger partial charge in [-0.25, -0.2) is 13.4 Å². The predicted octanol–water partition coefficient (Wildman–Crippen LogP) is 0.882. The van der Waals surface area contributed by atoms with Crippen LogP contribution in [0, 0.1) is 0 Å². The maximum atomic E-state index is 12.4. The van der Waals surface area contributed by atoms with Gasteiger partial charge in [0.1, 0.15) is 11.5 Å². The lowest BCUT2D eigenvalue weighted by atomic mass is 10.1. The van der Waals surface area contributed by atoms with Crippen molar-refractivity contribution in [2.24, 2.45) is 5.10 Å². The predicted molar refractivity (Wildman–Crippen MR) is 95.2 cm³/mol. The number of furan rings is 1. The molecule has 2 aliphatic heterocycles. The fourth-order valence-corrected chi connectivity index (χ4v) is 4.87. The van der Waals surface area contributed by atoms with Crippen molar-refractivity contribution >= 4 is 27.4 Å². The number of hydrogen-bond acceptors (Lipinski definition) is 6. The van der Waals surface area contributed by atoms with Gasteiger partial charge in [0.15, 0.2) is 9.84 Å². The Balaban J connectivity index is 1.59. The summed E-state index contributed by atoms with van der Waals surface area (Å²) in [5, 5.41) is 8.27. The lowest BCUT2D eigenvalue weighted by Crippen LogP contribution is -2.45. The summed E-state index contributed by atoms with van der Waals surface area (Å²) in [6, 6.07) is 3.17. The largest absolute Gasteiger partial charge is 0.469 e. The van der Waals surface area contributed by atoms with Crippen LogP contribution in [0.2, 0.25) is 0 Å². The van der Waals surface area contributed by atoms with E-state index in [-0.39, 0.29) is 47.9 Å². The summed E-state index contributed by atoms with van der Waals surface area (Å²) < 4.78 is 28.6. The molecule has 0 radical (unpaired) electrons. The van der Waals surface area contributed by atoms with Crippen molar-refractivity contribution in [2.75, 3.05) is 11.5 Å². The van der Waals surface area contributed by atoms with E-state index in [1.807, 2.05) is 19.1 Å². The van der Waals surface area contributed by atoms with Crippen molar-refractivity contribution in [3.05, 3.63) is 24.2 Å².